The maximum atomic E-state index is 14.4. The molecule has 6 rings (SSSR count). The average molecular weight is 607 g/mol. The fourth-order valence-electron chi connectivity index (χ4n) is 6.43. The third-order valence-corrected chi connectivity index (χ3v) is 9.31. The van der Waals surface area contributed by atoms with E-state index in [1.54, 1.807) is 7.11 Å². The number of fused-ring (bicyclic) bond motifs is 2. The van der Waals surface area contributed by atoms with Gasteiger partial charge in [0.15, 0.2) is 11.6 Å². The molecule has 2 fully saturated rings. The van der Waals surface area contributed by atoms with Gasteiger partial charge >= 0.3 is 0 Å². The number of carbonyl (C=O) groups is 1. The Balaban J connectivity index is 1.18. The summed E-state index contributed by atoms with van der Waals surface area (Å²) in [5.74, 6) is -0.646. The summed E-state index contributed by atoms with van der Waals surface area (Å²) in [6.45, 7) is 2.84. The smallest absolute Gasteiger partial charge is 0.252 e. The van der Waals surface area contributed by atoms with Crippen molar-refractivity contribution >= 4 is 23.1 Å². The first kappa shape index (κ1) is 29.6. The molecule has 1 amide bonds. The van der Waals surface area contributed by atoms with Gasteiger partial charge in [-0.3, -0.25) is 4.79 Å². The van der Waals surface area contributed by atoms with Crippen LogP contribution in [-0.4, -0.2) is 42.6 Å². The van der Waals surface area contributed by atoms with Crippen molar-refractivity contribution in [3.8, 4) is 11.5 Å². The second-order valence-corrected chi connectivity index (χ2v) is 12.2. The normalized spacial score (nSPS) is 19.5. The van der Waals surface area contributed by atoms with Crippen LogP contribution in [0.1, 0.15) is 60.8 Å². The zero-order valence-electron chi connectivity index (χ0n) is 24.6. The molecule has 2 heterocycles. The van der Waals surface area contributed by atoms with Gasteiger partial charge in [-0.05, 0) is 97.9 Å². The Morgan fingerprint density at radius 1 is 1.02 bits per heavy atom. The molecule has 2 atom stereocenters. The second kappa shape index (κ2) is 12.7. The lowest BCUT2D eigenvalue weighted by Crippen LogP contribution is -2.44. The van der Waals surface area contributed by atoms with Gasteiger partial charge in [-0.2, -0.15) is 0 Å². The van der Waals surface area contributed by atoms with Crippen molar-refractivity contribution in [2.75, 3.05) is 13.7 Å². The van der Waals surface area contributed by atoms with Crippen molar-refractivity contribution < 1.29 is 23.0 Å². The number of amides is 1. The minimum Gasteiger partial charge on any atom is -0.496 e. The summed E-state index contributed by atoms with van der Waals surface area (Å²) in [5, 5.41) is 3.37. The molecule has 3 aliphatic rings. The predicted octanol–water partition coefficient (Wildman–Crippen LogP) is 7.42. The van der Waals surface area contributed by atoms with Gasteiger partial charge in [-0.25, -0.2) is 8.78 Å². The minimum absolute atomic E-state index is 0.0702. The fraction of sp³-hybridized carbons (Fsp3) is 0.400. The van der Waals surface area contributed by atoms with Gasteiger partial charge in [0.05, 0.1) is 13.7 Å². The van der Waals surface area contributed by atoms with Crippen LogP contribution in [0.25, 0.3) is 5.57 Å². The molecule has 5 nitrogen and oxygen atoms in total. The maximum absolute atomic E-state index is 14.4. The van der Waals surface area contributed by atoms with E-state index in [0.29, 0.717) is 25.4 Å². The van der Waals surface area contributed by atoms with Crippen molar-refractivity contribution in [3.63, 3.8) is 0 Å². The highest BCUT2D eigenvalue weighted by Crippen LogP contribution is 2.40. The molecule has 0 unspecified atom stereocenters. The Hall–Kier alpha value is -3.42. The highest BCUT2D eigenvalue weighted by molar-refractivity contribution is 6.32. The van der Waals surface area contributed by atoms with E-state index in [9.17, 15) is 13.6 Å². The molecule has 226 valence electrons. The molecule has 43 heavy (non-hydrogen) atoms. The number of methoxy groups -OCH3 is 1. The topological polar surface area (TPSA) is 50.8 Å². The van der Waals surface area contributed by atoms with Crippen molar-refractivity contribution in [2.45, 2.75) is 76.5 Å². The number of carbonyl (C=O) groups excluding carboxylic acids is 1. The third-order valence-electron chi connectivity index (χ3n) is 8.96. The molecule has 1 saturated heterocycles. The van der Waals surface area contributed by atoms with E-state index in [1.807, 2.05) is 12.1 Å². The quantitative estimate of drug-likeness (QED) is 0.182. The Morgan fingerprint density at radius 3 is 2.53 bits per heavy atom. The first-order valence-corrected chi connectivity index (χ1v) is 15.5. The van der Waals surface area contributed by atoms with E-state index in [1.165, 1.54) is 0 Å². The molecule has 1 aliphatic carbocycles. The fourth-order valence-corrected chi connectivity index (χ4v) is 6.64. The number of aryl methyl sites for hydroxylation is 1. The van der Waals surface area contributed by atoms with Gasteiger partial charge in [0, 0.05) is 30.2 Å². The van der Waals surface area contributed by atoms with E-state index in [0.717, 1.165) is 83.4 Å². The number of nitrogens with one attached hydrogen (secondary N) is 1. The zero-order valence-corrected chi connectivity index (χ0v) is 25.4. The molecule has 3 aromatic rings. The number of ether oxygens (including phenoxy) is 2. The summed E-state index contributed by atoms with van der Waals surface area (Å²) in [7, 11) is 1.68. The largest absolute Gasteiger partial charge is 0.496 e. The molecule has 1 saturated carbocycles. The van der Waals surface area contributed by atoms with Crippen LogP contribution < -0.4 is 14.8 Å². The highest BCUT2D eigenvalue weighted by Gasteiger charge is 2.42. The summed E-state index contributed by atoms with van der Waals surface area (Å²) in [6.07, 6.45) is 6.27. The van der Waals surface area contributed by atoms with Crippen LogP contribution in [0.4, 0.5) is 8.78 Å². The molecule has 1 N–H and O–H groups in total. The van der Waals surface area contributed by atoms with Crippen LogP contribution in [0, 0.1) is 18.6 Å². The number of halogens is 3. The molecule has 2 aliphatic heterocycles. The minimum atomic E-state index is -0.706. The van der Waals surface area contributed by atoms with E-state index in [-0.39, 0.29) is 35.4 Å². The van der Waals surface area contributed by atoms with E-state index >= 15 is 0 Å². The van der Waals surface area contributed by atoms with Crippen LogP contribution in [-0.2, 0) is 17.8 Å². The summed E-state index contributed by atoms with van der Waals surface area (Å²) in [4.78, 5) is 16.5. The molecule has 2 bridgehead atoms. The molecule has 0 spiro atoms. The second-order valence-electron chi connectivity index (χ2n) is 11.8. The third kappa shape index (κ3) is 6.29. The maximum Gasteiger partial charge on any atom is 0.252 e. The van der Waals surface area contributed by atoms with Crippen molar-refractivity contribution in [3.05, 3.63) is 99.1 Å². The summed E-state index contributed by atoms with van der Waals surface area (Å²) >= 11 is 5.86. The zero-order chi connectivity index (χ0) is 30.1. The first-order valence-electron chi connectivity index (χ1n) is 15.1. The van der Waals surface area contributed by atoms with Gasteiger partial charge in [-0.15, -0.1) is 0 Å². The van der Waals surface area contributed by atoms with Crippen LogP contribution >= 0.6 is 11.6 Å². The van der Waals surface area contributed by atoms with E-state index in [2.05, 4.69) is 47.5 Å². The Bertz CT molecular complexity index is 1540. The van der Waals surface area contributed by atoms with Crippen LogP contribution in [0.2, 0.25) is 5.02 Å². The molecule has 8 heteroatoms. The number of benzene rings is 3. The van der Waals surface area contributed by atoms with Gasteiger partial charge in [0.25, 0.3) is 5.91 Å². The monoisotopic (exact) mass is 606 g/mol. The number of nitrogens with zero attached hydrogens (tertiary/aromatic N) is 1. The predicted molar refractivity (Wildman–Crippen MR) is 164 cm³/mol. The Morgan fingerprint density at radius 2 is 1.79 bits per heavy atom. The number of hydrogen-bond donors (Lipinski definition) is 1. The molecule has 0 radical (unpaired) electrons. The first-order chi connectivity index (χ1) is 20.8. The Kier molecular flexibility index (Phi) is 8.73. The van der Waals surface area contributed by atoms with E-state index < -0.39 is 11.6 Å². The molecule has 0 aromatic heterocycles. The van der Waals surface area contributed by atoms with Gasteiger partial charge in [0.1, 0.15) is 16.6 Å². The number of hydrogen-bond acceptors (Lipinski definition) is 4. The van der Waals surface area contributed by atoms with Gasteiger partial charge in [-0.1, -0.05) is 48.0 Å². The molecule has 3 aromatic carbocycles. The molecular weight excluding hydrogens is 570 g/mol. The molecular formula is C35H37ClF2N2O3. The lowest BCUT2D eigenvalue weighted by Gasteiger charge is -2.32. The number of rotatable bonds is 11. The van der Waals surface area contributed by atoms with Crippen molar-refractivity contribution in [2.24, 2.45) is 0 Å². The SMILES string of the molecule is COc1cccc(CN(C(=O)C2=C(c3ccc(CCCOc4c(F)ccc(F)c4Cl)cc3)C[C@H]3CC[C@H]2N3)C2CC2)c1C. The summed E-state index contributed by atoms with van der Waals surface area (Å²) in [6, 6.07) is 17.2. The average Bonchev–Trinajstić information content (AvgIpc) is 3.79. The van der Waals surface area contributed by atoms with Crippen LogP contribution in [0.15, 0.2) is 60.2 Å². The van der Waals surface area contributed by atoms with Gasteiger partial charge in [0.2, 0.25) is 0 Å². The van der Waals surface area contributed by atoms with Crippen LogP contribution in [0.5, 0.6) is 11.5 Å². The standard InChI is InChI=1S/C35H37ClF2N2O3/c1-21-24(6-3-7-31(21)42-2)20-40(26-13-14-26)35(41)32-27(19-25-12-17-30(32)39-25)23-10-8-22(9-11-23)5-4-18-43-34-29(38)16-15-28(37)33(34)36/h3,6-11,15-16,25-26,30,39H,4-5,12-14,17-20H2,1-2H3/t25-,30-/m1/s1. The summed E-state index contributed by atoms with van der Waals surface area (Å²) in [5.41, 5.74) is 6.45. The van der Waals surface area contributed by atoms with Gasteiger partial charge < -0.3 is 19.7 Å². The van der Waals surface area contributed by atoms with Crippen molar-refractivity contribution in [1.29, 1.82) is 0 Å². The lowest BCUT2D eigenvalue weighted by molar-refractivity contribution is -0.128. The van der Waals surface area contributed by atoms with E-state index in [4.69, 9.17) is 21.1 Å². The summed E-state index contributed by atoms with van der Waals surface area (Å²) < 4.78 is 38.7. The Labute approximate surface area is 256 Å². The highest BCUT2D eigenvalue weighted by atomic mass is 35.5. The van der Waals surface area contributed by atoms with Crippen LogP contribution in [0.3, 0.4) is 0 Å². The van der Waals surface area contributed by atoms with Crippen molar-refractivity contribution in [1.82, 2.24) is 10.2 Å². The lowest BCUT2D eigenvalue weighted by atomic mass is 9.88.